The van der Waals surface area contributed by atoms with Gasteiger partial charge in [-0.2, -0.15) is 0 Å². The first-order valence-electron chi connectivity index (χ1n) is 9.93. The molecule has 0 atom stereocenters. The molecular weight excluding hydrogens is 386 g/mol. The van der Waals surface area contributed by atoms with Gasteiger partial charge in [0.25, 0.3) is 5.91 Å². The van der Waals surface area contributed by atoms with Crippen LogP contribution in [0.3, 0.4) is 0 Å². The molecule has 0 spiro atoms. The molecule has 1 saturated carbocycles. The van der Waals surface area contributed by atoms with Gasteiger partial charge in [0.05, 0.1) is 7.11 Å². The molecule has 160 valence electrons. The molecule has 0 radical (unpaired) electrons. The van der Waals surface area contributed by atoms with Gasteiger partial charge in [-0.05, 0) is 49.6 Å². The van der Waals surface area contributed by atoms with Crippen molar-refractivity contribution in [2.24, 2.45) is 0 Å². The minimum atomic E-state index is -0.217. The summed E-state index contributed by atoms with van der Waals surface area (Å²) < 4.78 is 10.6. The van der Waals surface area contributed by atoms with Gasteiger partial charge in [0.2, 0.25) is 0 Å². The Morgan fingerprint density at radius 3 is 2.70 bits per heavy atom. The van der Waals surface area contributed by atoms with Crippen LogP contribution < -0.4 is 20.1 Å². The van der Waals surface area contributed by atoms with E-state index in [4.69, 9.17) is 9.47 Å². The summed E-state index contributed by atoms with van der Waals surface area (Å²) in [4.78, 5) is 26.2. The second-order valence-corrected chi connectivity index (χ2v) is 7.07. The van der Waals surface area contributed by atoms with Gasteiger partial charge in [0.15, 0.2) is 18.1 Å². The number of carbonyl (C=O) groups excluding carboxylic acids is 2. The van der Waals surface area contributed by atoms with Crippen molar-refractivity contribution in [2.75, 3.05) is 25.6 Å². The summed E-state index contributed by atoms with van der Waals surface area (Å²) in [6.07, 6.45) is 1.91. The molecule has 0 aliphatic heterocycles. The van der Waals surface area contributed by atoms with Crippen LogP contribution in [0.4, 0.5) is 10.5 Å². The molecule has 0 unspecified atom stereocenters. The molecular formula is C22H27N3O5. The van der Waals surface area contributed by atoms with Crippen molar-refractivity contribution in [1.82, 2.24) is 10.2 Å². The maximum absolute atomic E-state index is 12.9. The van der Waals surface area contributed by atoms with E-state index in [2.05, 4.69) is 10.6 Å². The summed E-state index contributed by atoms with van der Waals surface area (Å²) in [5, 5.41) is 15.3. The van der Waals surface area contributed by atoms with E-state index < -0.39 is 0 Å². The van der Waals surface area contributed by atoms with Crippen molar-refractivity contribution in [3.63, 3.8) is 0 Å². The molecule has 2 aromatic carbocycles. The third kappa shape index (κ3) is 5.79. The number of likely N-dealkylation sites (N-methyl/N-ethyl adjacent to an activating group) is 1. The molecule has 8 nitrogen and oxygen atoms in total. The number of urea groups is 1. The first-order valence-corrected chi connectivity index (χ1v) is 9.93. The predicted molar refractivity (Wildman–Crippen MR) is 113 cm³/mol. The minimum absolute atomic E-state index is 0.0631. The summed E-state index contributed by atoms with van der Waals surface area (Å²) in [5.74, 6) is 0.741. The topological polar surface area (TPSA) is 100 Å². The van der Waals surface area contributed by atoms with Crippen LogP contribution in [0.25, 0.3) is 0 Å². The fourth-order valence-electron chi connectivity index (χ4n) is 3.03. The lowest BCUT2D eigenvalue weighted by Crippen LogP contribution is -2.36. The molecule has 2 aromatic rings. The first kappa shape index (κ1) is 21.3. The van der Waals surface area contributed by atoms with Gasteiger partial charge in [0.1, 0.15) is 5.75 Å². The maximum atomic E-state index is 12.9. The van der Waals surface area contributed by atoms with E-state index in [0.29, 0.717) is 30.3 Å². The van der Waals surface area contributed by atoms with Crippen molar-refractivity contribution >= 4 is 17.6 Å². The second kappa shape index (κ2) is 9.87. The molecule has 3 rings (SSSR count). The Bertz CT molecular complexity index is 898. The Morgan fingerprint density at radius 1 is 1.20 bits per heavy atom. The van der Waals surface area contributed by atoms with Gasteiger partial charge in [-0.25, -0.2) is 4.79 Å². The number of ether oxygens (including phenoxy) is 2. The fraction of sp³-hybridized carbons (Fsp3) is 0.364. The van der Waals surface area contributed by atoms with Crippen LogP contribution in [-0.4, -0.2) is 48.2 Å². The summed E-state index contributed by atoms with van der Waals surface area (Å²) in [6.45, 7) is 2.71. The lowest BCUT2D eigenvalue weighted by atomic mass is 10.2. The molecule has 1 aliphatic rings. The van der Waals surface area contributed by atoms with E-state index >= 15 is 0 Å². The molecule has 0 saturated heterocycles. The Hall–Kier alpha value is -3.42. The number of phenolic OH excluding ortho intramolecular Hbond substituents is 1. The molecule has 30 heavy (non-hydrogen) atoms. The Balaban J connectivity index is 1.64. The number of nitrogens with zero attached hydrogens (tertiary/aromatic N) is 1. The van der Waals surface area contributed by atoms with E-state index in [1.165, 1.54) is 7.11 Å². The second-order valence-electron chi connectivity index (χ2n) is 7.07. The SMILES string of the molecule is CCNC(=O)COc1cccc(NC(=O)N(Cc2ccc(O)c(OC)c2)C2CC2)c1. The number of methoxy groups -OCH3 is 1. The Morgan fingerprint density at radius 2 is 2.00 bits per heavy atom. The van der Waals surface area contributed by atoms with E-state index in [1.54, 1.807) is 47.4 Å². The monoisotopic (exact) mass is 413 g/mol. The molecule has 0 bridgehead atoms. The summed E-state index contributed by atoms with van der Waals surface area (Å²) >= 11 is 0. The zero-order chi connectivity index (χ0) is 21.5. The molecule has 1 fully saturated rings. The number of carbonyl (C=O) groups is 2. The number of phenols is 1. The molecule has 0 aromatic heterocycles. The van der Waals surface area contributed by atoms with Crippen molar-refractivity contribution in [3.05, 3.63) is 48.0 Å². The largest absolute Gasteiger partial charge is 0.504 e. The van der Waals surface area contributed by atoms with Gasteiger partial charge in [-0.15, -0.1) is 0 Å². The number of nitrogens with one attached hydrogen (secondary N) is 2. The van der Waals surface area contributed by atoms with Gasteiger partial charge in [0, 0.05) is 30.9 Å². The molecule has 1 aliphatic carbocycles. The minimum Gasteiger partial charge on any atom is -0.504 e. The highest BCUT2D eigenvalue weighted by Crippen LogP contribution is 2.32. The first-order chi connectivity index (χ1) is 14.5. The quantitative estimate of drug-likeness (QED) is 0.587. The average Bonchev–Trinajstić information content (AvgIpc) is 3.57. The summed E-state index contributed by atoms with van der Waals surface area (Å²) in [6, 6.07) is 12.0. The van der Waals surface area contributed by atoms with Crippen LogP contribution >= 0.6 is 0 Å². The number of amides is 3. The molecule has 0 heterocycles. The van der Waals surface area contributed by atoms with Gasteiger partial charge in [-0.1, -0.05) is 12.1 Å². The van der Waals surface area contributed by atoms with E-state index in [9.17, 15) is 14.7 Å². The highest BCUT2D eigenvalue weighted by Gasteiger charge is 2.32. The van der Waals surface area contributed by atoms with E-state index in [1.807, 2.05) is 6.92 Å². The van der Waals surface area contributed by atoms with Crippen molar-refractivity contribution < 1.29 is 24.2 Å². The lowest BCUT2D eigenvalue weighted by Gasteiger charge is -2.23. The number of anilines is 1. The maximum Gasteiger partial charge on any atom is 0.322 e. The van der Waals surface area contributed by atoms with Gasteiger partial charge in [-0.3, -0.25) is 4.79 Å². The van der Waals surface area contributed by atoms with Crippen LogP contribution in [0.1, 0.15) is 25.3 Å². The average molecular weight is 413 g/mol. The number of benzene rings is 2. The standard InChI is InChI=1S/C22H27N3O5/c1-3-23-21(27)14-30-18-6-4-5-16(12-18)24-22(28)25(17-8-9-17)13-15-7-10-19(26)20(11-15)29-2/h4-7,10-12,17,26H,3,8-9,13-14H2,1-2H3,(H,23,27)(H,24,28). The predicted octanol–water partition coefficient (Wildman–Crippen LogP) is 3.11. The number of rotatable bonds is 9. The molecule has 8 heteroatoms. The molecule has 3 amide bonds. The van der Waals surface area contributed by atoms with Crippen molar-refractivity contribution in [1.29, 1.82) is 0 Å². The fourth-order valence-corrected chi connectivity index (χ4v) is 3.03. The van der Waals surface area contributed by atoms with Crippen molar-refractivity contribution in [3.8, 4) is 17.2 Å². The van der Waals surface area contributed by atoms with Crippen LogP contribution in [0.2, 0.25) is 0 Å². The third-order valence-electron chi connectivity index (χ3n) is 4.67. The van der Waals surface area contributed by atoms with E-state index in [-0.39, 0.29) is 30.3 Å². The number of aromatic hydroxyl groups is 1. The number of hydrogen-bond donors (Lipinski definition) is 3. The van der Waals surface area contributed by atoms with Gasteiger partial charge < -0.3 is 30.1 Å². The highest BCUT2D eigenvalue weighted by atomic mass is 16.5. The number of hydrogen-bond acceptors (Lipinski definition) is 5. The summed E-state index contributed by atoms with van der Waals surface area (Å²) in [7, 11) is 1.49. The zero-order valence-electron chi connectivity index (χ0n) is 17.2. The Labute approximate surface area is 175 Å². The zero-order valence-corrected chi connectivity index (χ0v) is 17.2. The van der Waals surface area contributed by atoms with Crippen LogP contribution in [0.15, 0.2) is 42.5 Å². The van der Waals surface area contributed by atoms with E-state index in [0.717, 1.165) is 18.4 Å². The lowest BCUT2D eigenvalue weighted by molar-refractivity contribution is -0.122. The highest BCUT2D eigenvalue weighted by molar-refractivity contribution is 5.90. The van der Waals surface area contributed by atoms with Gasteiger partial charge >= 0.3 is 6.03 Å². The normalized spacial score (nSPS) is 12.7. The Kier molecular flexibility index (Phi) is 7.00. The third-order valence-corrected chi connectivity index (χ3v) is 4.67. The molecule has 3 N–H and O–H groups in total. The van der Waals surface area contributed by atoms with Crippen molar-refractivity contribution in [2.45, 2.75) is 32.4 Å². The summed E-state index contributed by atoms with van der Waals surface area (Å²) in [5.41, 5.74) is 1.45. The van der Waals surface area contributed by atoms with Crippen LogP contribution in [-0.2, 0) is 11.3 Å². The van der Waals surface area contributed by atoms with Crippen LogP contribution in [0.5, 0.6) is 17.2 Å². The van der Waals surface area contributed by atoms with Crippen LogP contribution in [0, 0.1) is 0 Å². The smallest absolute Gasteiger partial charge is 0.322 e.